The second kappa shape index (κ2) is 9.04. The fourth-order valence-electron chi connectivity index (χ4n) is 1.42. The van der Waals surface area contributed by atoms with Crippen molar-refractivity contribution in [3.8, 4) is 0 Å². The number of unbranched alkanes of at least 4 members (excludes halogenated alkanes) is 5. The Morgan fingerprint density at radius 2 is 1.57 bits per heavy atom. The predicted octanol–water partition coefficient (Wildman–Crippen LogP) is 3.22. The molecule has 0 spiro atoms. The molecule has 0 aliphatic heterocycles. The summed E-state index contributed by atoms with van der Waals surface area (Å²) in [7, 11) is 1.87. The van der Waals surface area contributed by atoms with Gasteiger partial charge in [-0.15, -0.1) is 0 Å². The molecular weight excluding hydrogens is 174 g/mol. The minimum Gasteiger partial charge on any atom is -0.346 e. The predicted molar refractivity (Wildman–Crippen MR) is 61.3 cm³/mol. The van der Waals surface area contributed by atoms with Crippen molar-refractivity contribution < 1.29 is 4.79 Å². The molecule has 0 heterocycles. The Labute approximate surface area is 88.7 Å². The molecule has 0 aliphatic rings. The van der Waals surface area contributed by atoms with Crippen molar-refractivity contribution in [2.45, 2.75) is 58.8 Å². The molecule has 84 valence electrons. The van der Waals surface area contributed by atoms with Crippen molar-refractivity contribution in [3.63, 3.8) is 0 Å². The number of rotatable bonds is 8. The maximum Gasteiger partial charge on any atom is 0.222 e. The monoisotopic (exact) mass is 199 g/mol. The summed E-state index contributed by atoms with van der Waals surface area (Å²) in [6.07, 6.45) is 8.25. The molecule has 14 heavy (non-hydrogen) atoms. The third-order valence-electron chi connectivity index (χ3n) is 2.64. The van der Waals surface area contributed by atoms with E-state index in [2.05, 4.69) is 6.92 Å². The number of hydrogen-bond acceptors (Lipinski definition) is 1. The molecular formula is C12H25NO. The van der Waals surface area contributed by atoms with Crippen LogP contribution in [0.1, 0.15) is 58.8 Å². The quantitative estimate of drug-likeness (QED) is 0.550. The Kier molecular flexibility index (Phi) is 8.70. The standard InChI is InChI=1S/C12H25NO/c1-4-6-7-8-9-10-11-12(14)13(3)5-2/h4-11H2,1-3H3. The van der Waals surface area contributed by atoms with E-state index in [1.165, 1.54) is 32.1 Å². The fraction of sp³-hybridized carbons (Fsp3) is 0.917. The molecule has 0 aromatic carbocycles. The highest BCUT2D eigenvalue weighted by molar-refractivity contribution is 5.75. The van der Waals surface area contributed by atoms with Gasteiger partial charge in [-0.2, -0.15) is 0 Å². The molecule has 0 fully saturated rings. The topological polar surface area (TPSA) is 20.3 Å². The van der Waals surface area contributed by atoms with Crippen LogP contribution in [0, 0.1) is 0 Å². The van der Waals surface area contributed by atoms with Crippen molar-refractivity contribution in [2.75, 3.05) is 13.6 Å². The first-order chi connectivity index (χ1) is 6.72. The summed E-state index contributed by atoms with van der Waals surface area (Å²) < 4.78 is 0. The van der Waals surface area contributed by atoms with Crippen LogP contribution in [0.15, 0.2) is 0 Å². The van der Waals surface area contributed by atoms with E-state index >= 15 is 0 Å². The lowest BCUT2D eigenvalue weighted by molar-refractivity contribution is -0.129. The molecule has 0 aromatic rings. The van der Waals surface area contributed by atoms with E-state index in [0.29, 0.717) is 5.91 Å². The van der Waals surface area contributed by atoms with Crippen LogP contribution in [0.25, 0.3) is 0 Å². The number of hydrogen-bond donors (Lipinski definition) is 0. The molecule has 2 nitrogen and oxygen atoms in total. The summed E-state index contributed by atoms with van der Waals surface area (Å²) in [4.78, 5) is 13.2. The van der Waals surface area contributed by atoms with Gasteiger partial charge in [-0.3, -0.25) is 4.79 Å². The zero-order chi connectivity index (χ0) is 10.8. The average molecular weight is 199 g/mol. The van der Waals surface area contributed by atoms with E-state index < -0.39 is 0 Å². The number of amides is 1. The lowest BCUT2D eigenvalue weighted by atomic mass is 10.1. The first-order valence-electron chi connectivity index (χ1n) is 5.96. The molecule has 0 saturated heterocycles. The number of nitrogens with zero attached hydrogens (tertiary/aromatic N) is 1. The third-order valence-corrected chi connectivity index (χ3v) is 2.64. The van der Waals surface area contributed by atoms with E-state index in [1.807, 2.05) is 14.0 Å². The maximum atomic E-state index is 11.4. The highest BCUT2D eigenvalue weighted by Crippen LogP contribution is 2.07. The molecule has 0 bridgehead atoms. The van der Waals surface area contributed by atoms with E-state index in [4.69, 9.17) is 0 Å². The maximum absolute atomic E-state index is 11.4. The highest BCUT2D eigenvalue weighted by atomic mass is 16.2. The Morgan fingerprint density at radius 3 is 2.14 bits per heavy atom. The van der Waals surface area contributed by atoms with Gasteiger partial charge in [0, 0.05) is 20.0 Å². The molecule has 1 amide bonds. The molecule has 0 aliphatic carbocycles. The Hall–Kier alpha value is -0.530. The number of carbonyl (C=O) groups excluding carboxylic acids is 1. The van der Waals surface area contributed by atoms with Crippen LogP contribution in [0.2, 0.25) is 0 Å². The molecule has 0 atom stereocenters. The lowest BCUT2D eigenvalue weighted by Gasteiger charge is -2.13. The largest absolute Gasteiger partial charge is 0.346 e. The van der Waals surface area contributed by atoms with Gasteiger partial charge in [0.1, 0.15) is 0 Å². The van der Waals surface area contributed by atoms with Crippen LogP contribution < -0.4 is 0 Å². The normalized spacial score (nSPS) is 10.2. The second-order valence-corrected chi connectivity index (χ2v) is 3.93. The summed E-state index contributed by atoms with van der Waals surface area (Å²) >= 11 is 0. The summed E-state index contributed by atoms with van der Waals surface area (Å²) in [5, 5.41) is 0. The van der Waals surface area contributed by atoms with Gasteiger partial charge < -0.3 is 4.90 Å². The summed E-state index contributed by atoms with van der Waals surface area (Å²) in [5.74, 6) is 0.294. The summed E-state index contributed by atoms with van der Waals surface area (Å²) in [6, 6.07) is 0. The molecule has 0 N–H and O–H groups in total. The van der Waals surface area contributed by atoms with E-state index in [-0.39, 0.29) is 0 Å². The van der Waals surface area contributed by atoms with E-state index in [9.17, 15) is 4.79 Å². The molecule has 0 radical (unpaired) electrons. The zero-order valence-electron chi connectivity index (χ0n) is 10.0. The minimum absolute atomic E-state index is 0.294. The Morgan fingerprint density at radius 1 is 1.00 bits per heavy atom. The smallest absolute Gasteiger partial charge is 0.222 e. The van der Waals surface area contributed by atoms with Crippen LogP contribution in [0.4, 0.5) is 0 Å². The molecule has 0 saturated carbocycles. The van der Waals surface area contributed by atoms with Crippen molar-refractivity contribution in [1.29, 1.82) is 0 Å². The van der Waals surface area contributed by atoms with Gasteiger partial charge in [-0.05, 0) is 13.3 Å². The van der Waals surface area contributed by atoms with Crippen molar-refractivity contribution in [3.05, 3.63) is 0 Å². The average Bonchev–Trinajstić information content (AvgIpc) is 2.21. The Balaban J connectivity index is 3.23. The van der Waals surface area contributed by atoms with Crippen LogP contribution in [-0.4, -0.2) is 24.4 Å². The van der Waals surface area contributed by atoms with E-state index in [1.54, 1.807) is 4.90 Å². The van der Waals surface area contributed by atoms with Crippen molar-refractivity contribution >= 4 is 5.91 Å². The molecule has 0 rings (SSSR count). The first-order valence-corrected chi connectivity index (χ1v) is 5.96. The van der Waals surface area contributed by atoms with Gasteiger partial charge in [0.05, 0.1) is 0 Å². The van der Waals surface area contributed by atoms with Gasteiger partial charge in [0.25, 0.3) is 0 Å². The van der Waals surface area contributed by atoms with E-state index in [0.717, 1.165) is 19.4 Å². The number of carbonyl (C=O) groups is 1. The second-order valence-electron chi connectivity index (χ2n) is 3.93. The first kappa shape index (κ1) is 13.5. The third kappa shape index (κ3) is 6.93. The minimum atomic E-state index is 0.294. The van der Waals surface area contributed by atoms with Crippen LogP contribution in [-0.2, 0) is 4.79 Å². The van der Waals surface area contributed by atoms with Crippen LogP contribution in [0.5, 0.6) is 0 Å². The highest BCUT2D eigenvalue weighted by Gasteiger charge is 2.04. The SMILES string of the molecule is CCCCCCCCC(=O)N(C)CC. The van der Waals surface area contributed by atoms with Gasteiger partial charge in [-0.25, -0.2) is 0 Å². The lowest BCUT2D eigenvalue weighted by Crippen LogP contribution is -2.25. The Bertz CT molecular complexity index is 145. The van der Waals surface area contributed by atoms with Crippen LogP contribution >= 0.6 is 0 Å². The zero-order valence-corrected chi connectivity index (χ0v) is 10.0. The van der Waals surface area contributed by atoms with Gasteiger partial charge in [0.2, 0.25) is 5.91 Å². The molecule has 0 aromatic heterocycles. The fourth-order valence-corrected chi connectivity index (χ4v) is 1.42. The van der Waals surface area contributed by atoms with Crippen molar-refractivity contribution in [1.82, 2.24) is 4.90 Å². The van der Waals surface area contributed by atoms with Gasteiger partial charge in [0.15, 0.2) is 0 Å². The molecule has 2 heteroatoms. The van der Waals surface area contributed by atoms with Gasteiger partial charge in [-0.1, -0.05) is 39.0 Å². The summed E-state index contributed by atoms with van der Waals surface area (Å²) in [6.45, 7) is 5.06. The van der Waals surface area contributed by atoms with Gasteiger partial charge >= 0.3 is 0 Å². The summed E-state index contributed by atoms with van der Waals surface area (Å²) in [5.41, 5.74) is 0. The van der Waals surface area contributed by atoms with Crippen molar-refractivity contribution in [2.24, 2.45) is 0 Å². The van der Waals surface area contributed by atoms with Crippen LogP contribution in [0.3, 0.4) is 0 Å². The molecule has 0 unspecified atom stereocenters.